The van der Waals surface area contributed by atoms with E-state index in [9.17, 15) is 19.7 Å². The topological polar surface area (TPSA) is 143 Å². The Morgan fingerprint density at radius 1 is 1.10 bits per heavy atom. The zero-order chi connectivity index (χ0) is 21.6. The van der Waals surface area contributed by atoms with Crippen LogP contribution in [0, 0.1) is 10.1 Å². The van der Waals surface area contributed by atoms with Crippen molar-refractivity contribution in [1.82, 2.24) is 5.32 Å². The average Bonchev–Trinajstić information content (AvgIpc) is 2.71. The van der Waals surface area contributed by atoms with Gasteiger partial charge in [-0.25, -0.2) is 0 Å². The van der Waals surface area contributed by atoms with Gasteiger partial charge < -0.3 is 25.3 Å². The second kappa shape index (κ2) is 9.40. The number of methoxy groups -OCH3 is 3. The predicted octanol–water partition coefficient (Wildman–Crippen LogP) is 1.45. The van der Waals surface area contributed by atoms with Gasteiger partial charge in [0.05, 0.1) is 26.3 Å². The summed E-state index contributed by atoms with van der Waals surface area (Å²) in [6.45, 7) is 0. The molecule has 0 saturated heterocycles. The van der Waals surface area contributed by atoms with E-state index >= 15 is 0 Å². The third kappa shape index (κ3) is 4.72. The molecule has 2 aromatic rings. The summed E-state index contributed by atoms with van der Waals surface area (Å²) in [5, 5.41) is 14.1. The maximum absolute atomic E-state index is 12.8. The van der Waals surface area contributed by atoms with E-state index < -0.39 is 28.5 Å². The van der Waals surface area contributed by atoms with E-state index in [2.05, 4.69) is 5.32 Å². The lowest BCUT2D eigenvalue weighted by Crippen LogP contribution is -2.46. The molecule has 0 aliphatic heterocycles. The minimum atomic E-state index is -1.08. The van der Waals surface area contributed by atoms with E-state index in [1.807, 2.05) is 0 Å². The molecule has 2 amide bonds. The van der Waals surface area contributed by atoms with Gasteiger partial charge in [0.25, 0.3) is 5.91 Å². The van der Waals surface area contributed by atoms with Gasteiger partial charge in [0.1, 0.15) is 11.6 Å². The Morgan fingerprint density at radius 2 is 1.72 bits per heavy atom. The van der Waals surface area contributed by atoms with Crippen molar-refractivity contribution < 1.29 is 28.7 Å². The van der Waals surface area contributed by atoms with Gasteiger partial charge in [-0.15, -0.1) is 0 Å². The first-order valence-corrected chi connectivity index (χ1v) is 8.45. The zero-order valence-electron chi connectivity index (χ0n) is 16.1. The highest BCUT2D eigenvalue weighted by Crippen LogP contribution is 2.46. The quantitative estimate of drug-likeness (QED) is 0.476. The SMILES string of the molecule is COc1cc(C(=O)NC(Cc2ccccc2)C(N)=O)c([N+](=O)[O-])c(OC)c1OC. The van der Waals surface area contributed by atoms with Crippen molar-refractivity contribution in [3.05, 3.63) is 57.6 Å². The van der Waals surface area contributed by atoms with Gasteiger partial charge in [-0.3, -0.25) is 19.7 Å². The highest BCUT2D eigenvalue weighted by Gasteiger charge is 2.33. The molecule has 0 aliphatic carbocycles. The number of primary amides is 1. The van der Waals surface area contributed by atoms with Crippen LogP contribution in [0.4, 0.5) is 5.69 Å². The smallest absolute Gasteiger partial charge is 0.327 e. The standard InChI is InChI=1S/C19H21N3O7/c1-27-14-10-12(15(22(25)26)17(29-3)16(14)28-2)19(24)21-13(18(20)23)9-11-7-5-4-6-8-11/h4-8,10,13H,9H2,1-3H3,(H2,20,23)(H,21,24). The van der Waals surface area contributed by atoms with Gasteiger partial charge >= 0.3 is 5.69 Å². The van der Waals surface area contributed by atoms with E-state index in [-0.39, 0.29) is 29.2 Å². The van der Waals surface area contributed by atoms with Gasteiger partial charge in [-0.2, -0.15) is 0 Å². The summed E-state index contributed by atoms with van der Waals surface area (Å²) in [7, 11) is 3.80. The van der Waals surface area contributed by atoms with E-state index in [0.29, 0.717) is 0 Å². The first kappa shape index (κ1) is 21.5. The third-order valence-electron chi connectivity index (χ3n) is 4.16. The van der Waals surface area contributed by atoms with Crippen LogP contribution in [0.15, 0.2) is 36.4 Å². The molecule has 0 spiro atoms. The predicted molar refractivity (Wildman–Crippen MR) is 103 cm³/mol. The highest BCUT2D eigenvalue weighted by molar-refractivity contribution is 6.02. The van der Waals surface area contributed by atoms with E-state index in [0.717, 1.165) is 11.6 Å². The molecule has 10 nitrogen and oxygen atoms in total. The van der Waals surface area contributed by atoms with Gasteiger partial charge in [0.2, 0.25) is 17.4 Å². The maximum Gasteiger partial charge on any atom is 0.327 e. The molecule has 1 unspecified atom stereocenters. The lowest BCUT2D eigenvalue weighted by molar-refractivity contribution is -0.386. The molecular weight excluding hydrogens is 382 g/mol. The summed E-state index contributed by atoms with van der Waals surface area (Å²) in [4.78, 5) is 35.5. The number of nitrogens with zero attached hydrogens (tertiary/aromatic N) is 1. The van der Waals surface area contributed by atoms with Crippen LogP contribution in [0.5, 0.6) is 17.2 Å². The molecule has 0 fully saturated rings. The fourth-order valence-electron chi connectivity index (χ4n) is 2.80. The van der Waals surface area contributed by atoms with E-state index in [4.69, 9.17) is 19.9 Å². The van der Waals surface area contributed by atoms with Crippen LogP contribution >= 0.6 is 0 Å². The fourth-order valence-corrected chi connectivity index (χ4v) is 2.80. The molecule has 10 heteroatoms. The molecule has 1 atom stereocenters. The van der Waals surface area contributed by atoms with Crippen LogP contribution < -0.4 is 25.3 Å². The van der Waals surface area contributed by atoms with Gasteiger partial charge in [0, 0.05) is 12.5 Å². The number of nitrogens with one attached hydrogen (secondary N) is 1. The number of benzene rings is 2. The van der Waals surface area contributed by atoms with E-state index in [1.165, 1.54) is 21.3 Å². The molecule has 2 aromatic carbocycles. The lowest BCUT2D eigenvalue weighted by Gasteiger charge is -2.18. The molecule has 29 heavy (non-hydrogen) atoms. The number of nitrogens with two attached hydrogens (primary N) is 1. The summed E-state index contributed by atoms with van der Waals surface area (Å²) >= 11 is 0. The number of nitro groups is 1. The number of carbonyl (C=O) groups excluding carboxylic acids is 2. The van der Waals surface area contributed by atoms with Gasteiger partial charge in [-0.1, -0.05) is 30.3 Å². The summed E-state index contributed by atoms with van der Waals surface area (Å²) in [5.74, 6) is -1.92. The molecule has 0 saturated carbocycles. The zero-order valence-corrected chi connectivity index (χ0v) is 16.1. The number of hydrogen-bond acceptors (Lipinski definition) is 7. The number of ether oxygens (including phenoxy) is 3. The summed E-state index contributed by atoms with van der Waals surface area (Å²) in [6.07, 6.45) is 0.125. The Bertz CT molecular complexity index is 916. The first-order chi connectivity index (χ1) is 13.8. The molecule has 0 radical (unpaired) electrons. The summed E-state index contributed by atoms with van der Waals surface area (Å²) in [6, 6.07) is 8.96. The average molecular weight is 403 g/mol. The van der Waals surface area contributed by atoms with Gasteiger partial charge in [-0.05, 0) is 5.56 Å². The number of amides is 2. The lowest BCUT2D eigenvalue weighted by atomic mass is 10.0. The number of hydrogen-bond donors (Lipinski definition) is 2. The normalized spacial score (nSPS) is 11.3. The second-order valence-corrected chi connectivity index (χ2v) is 5.92. The van der Waals surface area contributed by atoms with Crippen molar-refractivity contribution in [2.24, 2.45) is 5.73 Å². The molecule has 154 valence electrons. The van der Waals surface area contributed by atoms with Gasteiger partial charge in [0.15, 0.2) is 5.75 Å². The first-order valence-electron chi connectivity index (χ1n) is 8.45. The summed E-state index contributed by atoms with van der Waals surface area (Å²) < 4.78 is 15.4. The van der Waals surface area contributed by atoms with Crippen LogP contribution in [0.3, 0.4) is 0 Å². The van der Waals surface area contributed by atoms with Crippen molar-refractivity contribution in [2.45, 2.75) is 12.5 Å². The van der Waals surface area contributed by atoms with Crippen LogP contribution in [-0.4, -0.2) is 44.1 Å². The van der Waals surface area contributed by atoms with Crippen molar-refractivity contribution in [1.29, 1.82) is 0 Å². The second-order valence-electron chi connectivity index (χ2n) is 5.92. The minimum absolute atomic E-state index is 0.0333. The monoisotopic (exact) mass is 403 g/mol. The number of carbonyl (C=O) groups is 2. The highest BCUT2D eigenvalue weighted by atomic mass is 16.6. The maximum atomic E-state index is 12.8. The van der Waals surface area contributed by atoms with Crippen LogP contribution in [0.25, 0.3) is 0 Å². The fraction of sp³-hybridized carbons (Fsp3) is 0.263. The van der Waals surface area contributed by atoms with Crippen LogP contribution in [0.2, 0.25) is 0 Å². The van der Waals surface area contributed by atoms with Crippen molar-refractivity contribution >= 4 is 17.5 Å². The number of nitro benzene ring substituents is 1. The largest absolute Gasteiger partial charge is 0.493 e. The molecule has 2 rings (SSSR count). The minimum Gasteiger partial charge on any atom is -0.493 e. The van der Waals surface area contributed by atoms with Crippen LogP contribution in [0.1, 0.15) is 15.9 Å². The Labute approximate surface area is 166 Å². The summed E-state index contributed by atoms with van der Waals surface area (Å²) in [5.41, 5.74) is 5.19. The molecule has 0 aliphatic rings. The van der Waals surface area contributed by atoms with E-state index in [1.54, 1.807) is 30.3 Å². The molecule has 0 heterocycles. The Balaban J connectivity index is 2.47. The Morgan fingerprint density at radius 3 is 2.21 bits per heavy atom. The third-order valence-corrected chi connectivity index (χ3v) is 4.16. The van der Waals surface area contributed by atoms with Crippen molar-refractivity contribution in [2.75, 3.05) is 21.3 Å². The molecule has 0 bridgehead atoms. The Hall–Kier alpha value is -3.82. The molecule has 0 aromatic heterocycles. The Kier molecular flexibility index (Phi) is 6.96. The van der Waals surface area contributed by atoms with Crippen LogP contribution in [-0.2, 0) is 11.2 Å². The van der Waals surface area contributed by atoms with Crippen molar-refractivity contribution in [3.63, 3.8) is 0 Å². The number of rotatable bonds is 9. The molecule has 3 N–H and O–H groups in total. The van der Waals surface area contributed by atoms with Crippen molar-refractivity contribution in [3.8, 4) is 17.2 Å². The molecular formula is C19H21N3O7.